The second-order valence-electron chi connectivity index (χ2n) is 4.20. The number of hydrogen-bond acceptors (Lipinski definition) is 3. The maximum absolute atomic E-state index is 6.05. The van der Waals surface area contributed by atoms with Gasteiger partial charge in [-0.05, 0) is 38.1 Å². The molecule has 0 bridgehead atoms. The van der Waals surface area contributed by atoms with E-state index in [1.54, 1.807) is 7.11 Å². The summed E-state index contributed by atoms with van der Waals surface area (Å²) in [4.78, 5) is 0. The molecule has 0 heterocycles. The van der Waals surface area contributed by atoms with Gasteiger partial charge in [0.2, 0.25) is 0 Å². The van der Waals surface area contributed by atoms with Crippen molar-refractivity contribution in [1.82, 2.24) is 5.32 Å². The van der Waals surface area contributed by atoms with Crippen LogP contribution in [0.5, 0.6) is 5.75 Å². The lowest BCUT2D eigenvalue weighted by atomic mass is 10.1. The third kappa shape index (κ3) is 4.84. The highest BCUT2D eigenvalue weighted by molar-refractivity contribution is 6.30. The summed E-state index contributed by atoms with van der Waals surface area (Å²) < 4.78 is 10.7. The number of methoxy groups -OCH3 is 1. The smallest absolute Gasteiger partial charge is 0.124 e. The Bertz CT molecular complexity index is 358. The normalized spacial score (nSPS) is 12.4. The van der Waals surface area contributed by atoms with Gasteiger partial charge >= 0.3 is 0 Å². The van der Waals surface area contributed by atoms with Crippen molar-refractivity contribution in [3.8, 4) is 5.75 Å². The third-order valence-corrected chi connectivity index (χ3v) is 2.92. The minimum atomic E-state index is 0.223. The second kappa shape index (κ2) is 8.35. The minimum Gasteiger partial charge on any atom is -0.491 e. The minimum absolute atomic E-state index is 0.223. The van der Waals surface area contributed by atoms with Gasteiger partial charge < -0.3 is 14.8 Å². The van der Waals surface area contributed by atoms with Crippen LogP contribution in [-0.4, -0.2) is 26.9 Å². The van der Waals surface area contributed by atoms with E-state index in [1.165, 1.54) is 0 Å². The molecule has 0 saturated carbocycles. The Hall–Kier alpha value is -0.770. The molecule has 1 unspecified atom stereocenters. The Morgan fingerprint density at radius 3 is 2.78 bits per heavy atom. The van der Waals surface area contributed by atoms with Gasteiger partial charge in [0, 0.05) is 23.7 Å². The predicted octanol–water partition coefficient (Wildman–Crippen LogP) is 3.43. The molecular weight excluding hydrogens is 250 g/mol. The fourth-order valence-electron chi connectivity index (χ4n) is 1.69. The molecule has 0 aliphatic rings. The zero-order valence-corrected chi connectivity index (χ0v) is 12.1. The highest BCUT2D eigenvalue weighted by Crippen LogP contribution is 2.28. The Morgan fingerprint density at radius 1 is 1.33 bits per heavy atom. The molecule has 1 aromatic carbocycles. The molecule has 1 N–H and O–H groups in total. The first-order valence-electron chi connectivity index (χ1n) is 6.33. The lowest BCUT2D eigenvalue weighted by Crippen LogP contribution is -2.20. The zero-order chi connectivity index (χ0) is 13.4. The summed E-state index contributed by atoms with van der Waals surface area (Å²) in [6.07, 6.45) is 1.10. The van der Waals surface area contributed by atoms with Crippen molar-refractivity contribution in [3.05, 3.63) is 28.8 Å². The van der Waals surface area contributed by atoms with E-state index in [1.807, 2.05) is 18.2 Å². The van der Waals surface area contributed by atoms with Crippen LogP contribution in [0.4, 0.5) is 0 Å². The summed E-state index contributed by atoms with van der Waals surface area (Å²) in [5.41, 5.74) is 1.09. The number of nitrogens with one attached hydrogen (secondary N) is 1. The first-order valence-corrected chi connectivity index (χ1v) is 6.71. The van der Waals surface area contributed by atoms with Crippen molar-refractivity contribution < 1.29 is 9.47 Å². The molecule has 4 heteroatoms. The first kappa shape index (κ1) is 15.3. The maximum Gasteiger partial charge on any atom is 0.124 e. The van der Waals surface area contributed by atoms with Crippen LogP contribution in [-0.2, 0) is 4.74 Å². The van der Waals surface area contributed by atoms with Crippen LogP contribution < -0.4 is 10.1 Å². The average molecular weight is 272 g/mol. The number of hydrogen-bond donors (Lipinski definition) is 1. The molecule has 0 saturated heterocycles. The number of rotatable bonds is 8. The first-order chi connectivity index (χ1) is 8.69. The largest absolute Gasteiger partial charge is 0.491 e. The van der Waals surface area contributed by atoms with Gasteiger partial charge in [-0.25, -0.2) is 0 Å². The van der Waals surface area contributed by atoms with Gasteiger partial charge in [-0.15, -0.1) is 0 Å². The van der Waals surface area contributed by atoms with E-state index in [-0.39, 0.29) is 6.04 Å². The summed E-state index contributed by atoms with van der Waals surface area (Å²) in [6, 6.07) is 5.94. The monoisotopic (exact) mass is 271 g/mol. The third-order valence-electron chi connectivity index (χ3n) is 2.68. The summed E-state index contributed by atoms with van der Waals surface area (Å²) in [7, 11) is 1.66. The van der Waals surface area contributed by atoms with E-state index in [0.29, 0.717) is 13.2 Å². The van der Waals surface area contributed by atoms with Gasteiger partial charge in [-0.1, -0.05) is 18.5 Å². The Kier molecular flexibility index (Phi) is 7.09. The lowest BCUT2D eigenvalue weighted by molar-refractivity contribution is 0.145. The van der Waals surface area contributed by atoms with E-state index in [2.05, 4.69) is 19.2 Å². The molecule has 0 aromatic heterocycles. The van der Waals surface area contributed by atoms with Crippen molar-refractivity contribution >= 4 is 11.6 Å². The van der Waals surface area contributed by atoms with Crippen LogP contribution in [0.15, 0.2) is 18.2 Å². The van der Waals surface area contributed by atoms with Gasteiger partial charge in [0.15, 0.2) is 0 Å². The van der Waals surface area contributed by atoms with Gasteiger partial charge in [0.1, 0.15) is 12.4 Å². The molecule has 18 heavy (non-hydrogen) atoms. The van der Waals surface area contributed by atoms with Gasteiger partial charge in [-0.3, -0.25) is 0 Å². The average Bonchev–Trinajstić information content (AvgIpc) is 2.38. The van der Waals surface area contributed by atoms with Crippen LogP contribution in [0.3, 0.4) is 0 Å². The number of benzene rings is 1. The molecule has 1 aromatic rings. The molecule has 0 spiro atoms. The van der Waals surface area contributed by atoms with Gasteiger partial charge in [0.05, 0.1) is 6.61 Å². The molecule has 1 atom stereocenters. The fourth-order valence-corrected chi connectivity index (χ4v) is 1.88. The Morgan fingerprint density at radius 2 is 2.11 bits per heavy atom. The van der Waals surface area contributed by atoms with Crippen molar-refractivity contribution in [3.63, 3.8) is 0 Å². The van der Waals surface area contributed by atoms with Crippen molar-refractivity contribution in [1.29, 1.82) is 0 Å². The van der Waals surface area contributed by atoms with Crippen molar-refractivity contribution in [2.45, 2.75) is 26.3 Å². The fraction of sp³-hybridized carbons (Fsp3) is 0.571. The summed E-state index contributed by atoms with van der Waals surface area (Å²) in [5, 5.41) is 4.17. The number of halogens is 1. The maximum atomic E-state index is 6.05. The molecule has 0 radical (unpaired) electrons. The summed E-state index contributed by atoms with van der Waals surface area (Å²) >= 11 is 6.05. The highest BCUT2D eigenvalue weighted by Gasteiger charge is 2.11. The molecule has 102 valence electrons. The Balaban J connectivity index is 2.75. The van der Waals surface area contributed by atoms with Crippen LogP contribution in [0.25, 0.3) is 0 Å². The van der Waals surface area contributed by atoms with Crippen LogP contribution in [0.1, 0.15) is 31.9 Å². The van der Waals surface area contributed by atoms with E-state index < -0.39 is 0 Å². The van der Waals surface area contributed by atoms with Gasteiger partial charge in [-0.2, -0.15) is 0 Å². The highest BCUT2D eigenvalue weighted by atomic mass is 35.5. The lowest BCUT2D eigenvalue weighted by Gasteiger charge is -2.18. The van der Waals surface area contributed by atoms with Gasteiger partial charge in [0.25, 0.3) is 0 Å². The topological polar surface area (TPSA) is 30.5 Å². The Labute approximate surface area is 114 Å². The van der Waals surface area contributed by atoms with E-state index in [0.717, 1.165) is 29.3 Å². The summed E-state index contributed by atoms with van der Waals surface area (Å²) in [5.74, 6) is 0.868. The quantitative estimate of drug-likeness (QED) is 0.735. The second-order valence-corrected chi connectivity index (χ2v) is 4.64. The standard InChI is InChI=1S/C14H22ClNO2/c1-4-7-16-11(2)13-10-12(15)5-6-14(13)18-9-8-17-3/h5-6,10-11,16H,4,7-9H2,1-3H3. The molecule has 0 fully saturated rings. The van der Waals surface area contributed by atoms with Crippen molar-refractivity contribution in [2.75, 3.05) is 26.9 Å². The molecule has 1 rings (SSSR count). The zero-order valence-electron chi connectivity index (χ0n) is 11.3. The molecule has 3 nitrogen and oxygen atoms in total. The van der Waals surface area contributed by atoms with Crippen LogP contribution >= 0.6 is 11.6 Å². The molecule has 0 amide bonds. The van der Waals surface area contributed by atoms with E-state index >= 15 is 0 Å². The van der Waals surface area contributed by atoms with Crippen molar-refractivity contribution in [2.24, 2.45) is 0 Å². The molecule has 0 aliphatic heterocycles. The molecular formula is C14H22ClNO2. The predicted molar refractivity (Wildman–Crippen MR) is 75.5 cm³/mol. The summed E-state index contributed by atoms with van der Waals surface area (Å²) in [6.45, 7) is 6.37. The number of ether oxygens (including phenoxy) is 2. The van der Waals surface area contributed by atoms with Crippen LogP contribution in [0.2, 0.25) is 5.02 Å². The van der Waals surface area contributed by atoms with Crippen LogP contribution in [0, 0.1) is 0 Å². The SMILES string of the molecule is CCCNC(C)c1cc(Cl)ccc1OCCOC. The van der Waals surface area contributed by atoms with E-state index in [4.69, 9.17) is 21.1 Å². The molecule has 0 aliphatic carbocycles. The van der Waals surface area contributed by atoms with E-state index in [9.17, 15) is 0 Å².